The fraction of sp³-hybridized carbons (Fsp3) is 0.600. The number of methoxy groups -OCH3 is 3. The van der Waals surface area contributed by atoms with Crippen molar-refractivity contribution < 1.29 is 24.1 Å². The molecule has 0 aromatic heterocycles. The zero-order valence-corrected chi connectivity index (χ0v) is 13.0. The van der Waals surface area contributed by atoms with E-state index in [2.05, 4.69) is 5.32 Å². The smallest absolute Gasteiger partial charge is 0.130 e. The van der Waals surface area contributed by atoms with Crippen molar-refractivity contribution in [3.05, 3.63) is 17.7 Å². The highest BCUT2D eigenvalue weighted by atomic mass is 16.5. The molecule has 0 radical (unpaired) electrons. The van der Waals surface area contributed by atoms with E-state index in [9.17, 15) is 0 Å². The van der Waals surface area contributed by atoms with Gasteiger partial charge in [0.2, 0.25) is 0 Å². The Morgan fingerprint density at radius 1 is 1.00 bits per heavy atom. The van der Waals surface area contributed by atoms with Crippen LogP contribution in [0.25, 0.3) is 0 Å². The first-order valence-corrected chi connectivity index (χ1v) is 6.95. The Balaban J connectivity index is 2.53. The van der Waals surface area contributed by atoms with Crippen LogP contribution in [0.3, 0.4) is 0 Å². The maximum atomic E-state index is 8.60. The van der Waals surface area contributed by atoms with Crippen LogP contribution in [0.2, 0.25) is 0 Å². The van der Waals surface area contributed by atoms with Gasteiger partial charge in [0, 0.05) is 25.3 Å². The molecule has 0 aliphatic heterocycles. The number of ether oxygens (including phenoxy) is 4. The summed E-state index contributed by atoms with van der Waals surface area (Å²) in [6, 6.07) is 3.67. The third-order valence-electron chi connectivity index (χ3n) is 3.00. The predicted octanol–water partition coefficient (Wildman–Crippen LogP) is 1.20. The number of hydrogen-bond acceptors (Lipinski definition) is 6. The van der Waals surface area contributed by atoms with E-state index >= 15 is 0 Å². The van der Waals surface area contributed by atoms with Gasteiger partial charge in [-0.25, -0.2) is 0 Å². The highest BCUT2D eigenvalue weighted by Gasteiger charge is 2.12. The second-order valence-corrected chi connectivity index (χ2v) is 4.38. The van der Waals surface area contributed by atoms with Gasteiger partial charge >= 0.3 is 0 Å². The van der Waals surface area contributed by atoms with E-state index < -0.39 is 0 Å². The van der Waals surface area contributed by atoms with E-state index in [0.717, 1.165) is 30.0 Å². The van der Waals surface area contributed by atoms with Gasteiger partial charge in [0.15, 0.2) is 0 Å². The van der Waals surface area contributed by atoms with Crippen molar-refractivity contribution in [2.45, 2.75) is 13.0 Å². The third-order valence-corrected chi connectivity index (χ3v) is 3.00. The molecule has 0 heterocycles. The van der Waals surface area contributed by atoms with Crippen LogP contribution < -0.4 is 19.5 Å². The average molecular weight is 299 g/mol. The lowest BCUT2D eigenvalue weighted by molar-refractivity contribution is 0.0907. The molecule has 0 saturated heterocycles. The molecule has 6 heteroatoms. The van der Waals surface area contributed by atoms with Gasteiger partial charge in [0.05, 0.1) is 40.1 Å². The molecule has 6 nitrogen and oxygen atoms in total. The molecular formula is C15H25NO5. The van der Waals surface area contributed by atoms with Crippen LogP contribution in [0, 0.1) is 0 Å². The highest BCUT2D eigenvalue weighted by molar-refractivity contribution is 5.50. The zero-order valence-electron chi connectivity index (χ0n) is 13.0. The molecule has 2 N–H and O–H groups in total. The maximum absolute atomic E-state index is 8.60. The molecule has 1 aromatic carbocycles. The fourth-order valence-corrected chi connectivity index (χ4v) is 1.93. The van der Waals surface area contributed by atoms with Gasteiger partial charge < -0.3 is 29.4 Å². The SMILES string of the molecule is COc1cc(OC)c(CNCCCOCCO)c(OC)c1. The van der Waals surface area contributed by atoms with E-state index in [1.54, 1.807) is 21.3 Å². The van der Waals surface area contributed by atoms with Crippen molar-refractivity contribution >= 4 is 0 Å². The Morgan fingerprint density at radius 3 is 2.19 bits per heavy atom. The number of hydrogen-bond donors (Lipinski definition) is 2. The summed E-state index contributed by atoms with van der Waals surface area (Å²) in [6.45, 7) is 2.53. The van der Waals surface area contributed by atoms with Crippen molar-refractivity contribution in [3.63, 3.8) is 0 Å². The Hall–Kier alpha value is -1.50. The highest BCUT2D eigenvalue weighted by Crippen LogP contribution is 2.33. The first-order valence-electron chi connectivity index (χ1n) is 6.95. The molecule has 0 fully saturated rings. The van der Waals surface area contributed by atoms with Gasteiger partial charge in [0.25, 0.3) is 0 Å². The molecule has 0 amide bonds. The van der Waals surface area contributed by atoms with Crippen molar-refractivity contribution in [2.24, 2.45) is 0 Å². The number of aliphatic hydroxyl groups is 1. The van der Waals surface area contributed by atoms with Gasteiger partial charge in [-0.2, -0.15) is 0 Å². The van der Waals surface area contributed by atoms with Crippen LogP contribution in [0.5, 0.6) is 17.2 Å². The van der Waals surface area contributed by atoms with Crippen LogP contribution in [0.4, 0.5) is 0 Å². The fourth-order valence-electron chi connectivity index (χ4n) is 1.93. The summed E-state index contributed by atoms with van der Waals surface area (Å²) in [6.07, 6.45) is 0.876. The Labute approximate surface area is 126 Å². The Kier molecular flexibility index (Phi) is 8.57. The molecule has 21 heavy (non-hydrogen) atoms. The molecule has 0 aliphatic carbocycles. The maximum Gasteiger partial charge on any atom is 0.130 e. The van der Waals surface area contributed by atoms with Gasteiger partial charge in [0.1, 0.15) is 17.2 Å². The van der Waals surface area contributed by atoms with Gasteiger partial charge in [-0.1, -0.05) is 0 Å². The normalized spacial score (nSPS) is 10.5. The van der Waals surface area contributed by atoms with Crippen molar-refractivity contribution in [1.29, 1.82) is 0 Å². The summed E-state index contributed by atoms with van der Waals surface area (Å²) in [5, 5.41) is 11.9. The lowest BCUT2D eigenvalue weighted by Gasteiger charge is -2.15. The summed E-state index contributed by atoms with van der Waals surface area (Å²) in [7, 11) is 4.86. The molecule has 1 rings (SSSR count). The van der Waals surface area contributed by atoms with Crippen LogP contribution in [0.15, 0.2) is 12.1 Å². The zero-order chi connectivity index (χ0) is 15.5. The first kappa shape index (κ1) is 17.6. The predicted molar refractivity (Wildman–Crippen MR) is 80.3 cm³/mol. The molecule has 0 aliphatic rings. The van der Waals surface area contributed by atoms with E-state index in [0.29, 0.717) is 25.5 Å². The van der Waals surface area contributed by atoms with Crippen molar-refractivity contribution in [3.8, 4) is 17.2 Å². The van der Waals surface area contributed by atoms with Crippen LogP contribution >= 0.6 is 0 Å². The number of nitrogens with one attached hydrogen (secondary N) is 1. The molecule has 0 saturated carbocycles. The monoisotopic (exact) mass is 299 g/mol. The minimum Gasteiger partial charge on any atom is -0.496 e. The van der Waals surface area contributed by atoms with E-state index in [1.165, 1.54) is 0 Å². The molecule has 0 atom stereocenters. The Bertz CT molecular complexity index is 386. The summed E-state index contributed by atoms with van der Waals surface area (Å²) >= 11 is 0. The summed E-state index contributed by atoms with van der Waals surface area (Å²) in [5.74, 6) is 2.16. The van der Waals surface area contributed by atoms with E-state index in [1.807, 2.05) is 12.1 Å². The Morgan fingerprint density at radius 2 is 1.67 bits per heavy atom. The molecular weight excluding hydrogens is 274 g/mol. The second-order valence-electron chi connectivity index (χ2n) is 4.38. The number of aliphatic hydroxyl groups excluding tert-OH is 1. The lowest BCUT2D eigenvalue weighted by atomic mass is 10.1. The largest absolute Gasteiger partial charge is 0.496 e. The van der Waals surface area contributed by atoms with E-state index in [4.69, 9.17) is 24.1 Å². The van der Waals surface area contributed by atoms with E-state index in [-0.39, 0.29) is 6.61 Å². The molecule has 0 spiro atoms. The topological polar surface area (TPSA) is 69.2 Å². The minimum atomic E-state index is 0.0632. The quantitative estimate of drug-likeness (QED) is 0.598. The third kappa shape index (κ3) is 5.79. The summed E-state index contributed by atoms with van der Waals surface area (Å²) < 4.78 is 21.2. The first-order chi connectivity index (χ1) is 10.3. The van der Waals surface area contributed by atoms with Crippen molar-refractivity contribution in [2.75, 3.05) is 47.7 Å². The number of rotatable bonds is 11. The number of benzene rings is 1. The molecule has 120 valence electrons. The van der Waals surface area contributed by atoms with Crippen LogP contribution in [0.1, 0.15) is 12.0 Å². The molecule has 1 aromatic rings. The average Bonchev–Trinajstić information content (AvgIpc) is 2.53. The second kappa shape index (κ2) is 10.3. The standard InChI is InChI=1S/C15H25NO5/c1-18-12-9-14(19-2)13(15(10-12)20-3)11-16-5-4-7-21-8-6-17/h9-10,16-17H,4-8,11H2,1-3H3. The van der Waals surface area contributed by atoms with Crippen LogP contribution in [-0.4, -0.2) is 52.8 Å². The summed E-state index contributed by atoms with van der Waals surface area (Å²) in [4.78, 5) is 0. The van der Waals surface area contributed by atoms with Crippen molar-refractivity contribution in [1.82, 2.24) is 5.32 Å². The van der Waals surface area contributed by atoms with Gasteiger partial charge in [-0.3, -0.25) is 0 Å². The molecule has 0 bridgehead atoms. The molecule has 0 unspecified atom stereocenters. The summed E-state index contributed by atoms with van der Waals surface area (Å²) in [5.41, 5.74) is 0.956. The van der Waals surface area contributed by atoms with Crippen LogP contribution in [-0.2, 0) is 11.3 Å². The lowest BCUT2D eigenvalue weighted by Crippen LogP contribution is -2.18. The van der Waals surface area contributed by atoms with Gasteiger partial charge in [-0.15, -0.1) is 0 Å². The van der Waals surface area contributed by atoms with Gasteiger partial charge in [-0.05, 0) is 13.0 Å². The minimum absolute atomic E-state index is 0.0632.